The fourth-order valence-electron chi connectivity index (χ4n) is 3.22. The lowest BCUT2D eigenvalue weighted by molar-refractivity contribution is 0.0657. The Labute approximate surface area is 151 Å². The van der Waals surface area contributed by atoms with E-state index in [4.69, 9.17) is 16.6 Å². The van der Waals surface area contributed by atoms with Crippen molar-refractivity contribution in [2.24, 2.45) is 0 Å². The molecule has 1 radical (unpaired) electrons. The topological polar surface area (TPSA) is 33.2 Å². The Balaban J connectivity index is 1.74. The largest absolute Gasteiger partial charge is 0.334 e. The van der Waals surface area contributed by atoms with Crippen molar-refractivity contribution in [2.75, 3.05) is 6.54 Å². The molecule has 1 aliphatic carbocycles. The molecule has 1 unspecified atom stereocenters. The molecule has 125 valence electrons. The Morgan fingerprint density at radius 1 is 1.29 bits per heavy atom. The Morgan fingerprint density at radius 2 is 2.12 bits per heavy atom. The molecule has 0 N–H and O–H groups in total. The van der Waals surface area contributed by atoms with Gasteiger partial charge in [0.25, 0.3) is 5.91 Å². The van der Waals surface area contributed by atoms with Crippen LogP contribution in [0.25, 0.3) is 10.4 Å². The van der Waals surface area contributed by atoms with E-state index in [9.17, 15) is 4.79 Å². The maximum atomic E-state index is 13.1. The van der Waals surface area contributed by atoms with E-state index in [1.165, 1.54) is 12.8 Å². The number of hydrogen-bond acceptors (Lipinski definition) is 3. The van der Waals surface area contributed by atoms with Crippen molar-refractivity contribution in [2.45, 2.75) is 44.1 Å². The summed E-state index contributed by atoms with van der Waals surface area (Å²) in [5, 5.41) is 1.77. The number of piperidine rings is 1. The summed E-state index contributed by atoms with van der Waals surface area (Å²) in [6.07, 6.45) is 5.51. The smallest absolute Gasteiger partial charge is 0.274 e. The van der Waals surface area contributed by atoms with Crippen LogP contribution < -0.4 is 0 Å². The summed E-state index contributed by atoms with van der Waals surface area (Å²) < 4.78 is 0. The third-order valence-corrected chi connectivity index (χ3v) is 6.25. The lowest BCUT2D eigenvalue weighted by atomic mass is 10.0. The second-order valence-corrected chi connectivity index (χ2v) is 8.13. The van der Waals surface area contributed by atoms with Gasteiger partial charge in [0.15, 0.2) is 0 Å². The molecule has 0 bridgehead atoms. The molecule has 2 aliphatic rings. The van der Waals surface area contributed by atoms with Crippen LogP contribution >= 0.6 is 22.9 Å². The summed E-state index contributed by atoms with van der Waals surface area (Å²) in [6, 6.07) is 7.74. The van der Waals surface area contributed by atoms with Crippen molar-refractivity contribution in [3.63, 3.8) is 0 Å². The number of aromatic nitrogens is 1. The van der Waals surface area contributed by atoms with Gasteiger partial charge in [0.2, 0.25) is 0 Å². The quantitative estimate of drug-likeness (QED) is 0.757. The lowest BCUT2D eigenvalue weighted by Gasteiger charge is -2.33. The highest BCUT2D eigenvalue weighted by Crippen LogP contribution is 2.45. The Hall–Kier alpha value is -1.39. The minimum Gasteiger partial charge on any atom is -0.334 e. The number of thiazole rings is 1. The van der Waals surface area contributed by atoms with E-state index >= 15 is 0 Å². The molecule has 4 rings (SSSR count). The number of carbonyl (C=O) groups excluding carboxylic acids is 1. The SMILES string of the molecule is [CH2]C1CCCCN1C(=O)c1nc(C2CC2)sc1-c1cccc(Cl)c1. The van der Waals surface area contributed by atoms with E-state index in [1.54, 1.807) is 11.3 Å². The van der Waals surface area contributed by atoms with Gasteiger partial charge < -0.3 is 4.90 Å². The van der Waals surface area contributed by atoms with Gasteiger partial charge in [-0.2, -0.15) is 0 Å². The second kappa shape index (κ2) is 6.49. The Bertz CT molecular complexity index is 768. The van der Waals surface area contributed by atoms with E-state index in [0.717, 1.165) is 41.3 Å². The van der Waals surface area contributed by atoms with Gasteiger partial charge in [-0.15, -0.1) is 11.3 Å². The third kappa shape index (κ3) is 3.09. The lowest BCUT2D eigenvalue weighted by Crippen LogP contribution is -2.42. The second-order valence-electron chi connectivity index (χ2n) is 6.66. The first kappa shape index (κ1) is 16.1. The van der Waals surface area contributed by atoms with Crippen LogP contribution in [0.4, 0.5) is 0 Å². The number of likely N-dealkylation sites (tertiary alicyclic amines) is 1. The van der Waals surface area contributed by atoms with Gasteiger partial charge in [0, 0.05) is 23.5 Å². The van der Waals surface area contributed by atoms with Crippen LogP contribution in [-0.2, 0) is 0 Å². The van der Waals surface area contributed by atoms with E-state index < -0.39 is 0 Å². The summed E-state index contributed by atoms with van der Waals surface area (Å²) in [6.45, 7) is 4.93. The van der Waals surface area contributed by atoms with Crippen LogP contribution in [-0.4, -0.2) is 28.4 Å². The molecule has 1 aliphatic heterocycles. The monoisotopic (exact) mass is 359 g/mol. The molecule has 1 atom stereocenters. The molecule has 1 saturated heterocycles. The highest BCUT2D eigenvalue weighted by atomic mass is 35.5. The normalized spacial score (nSPS) is 21.1. The summed E-state index contributed by atoms with van der Waals surface area (Å²) in [5.41, 5.74) is 1.56. The summed E-state index contributed by atoms with van der Waals surface area (Å²) in [5.74, 6) is 0.555. The molecule has 1 amide bonds. The highest BCUT2D eigenvalue weighted by Gasteiger charge is 2.33. The van der Waals surface area contributed by atoms with Gasteiger partial charge in [0.1, 0.15) is 5.69 Å². The van der Waals surface area contributed by atoms with Crippen LogP contribution in [0.1, 0.15) is 53.5 Å². The summed E-state index contributed by atoms with van der Waals surface area (Å²) in [7, 11) is 0. The first-order valence-corrected chi connectivity index (χ1v) is 9.73. The molecule has 2 heterocycles. The van der Waals surface area contributed by atoms with Crippen LogP contribution in [0.15, 0.2) is 24.3 Å². The van der Waals surface area contributed by atoms with Crippen LogP contribution in [0.5, 0.6) is 0 Å². The van der Waals surface area contributed by atoms with Gasteiger partial charge in [-0.3, -0.25) is 4.79 Å². The van der Waals surface area contributed by atoms with Crippen LogP contribution in [0, 0.1) is 6.92 Å². The minimum absolute atomic E-state index is 0.0211. The zero-order valence-corrected chi connectivity index (χ0v) is 15.1. The van der Waals surface area contributed by atoms with E-state index in [2.05, 4.69) is 6.92 Å². The van der Waals surface area contributed by atoms with Crippen molar-refractivity contribution in [1.29, 1.82) is 0 Å². The first-order chi connectivity index (χ1) is 11.6. The zero-order chi connectivity index (χ0) is 16.7. The molecule has 3 nitrogen and oxygen atoms in total. The number of hydrogen-bond donors (Lipinski definition) is 0. The third-order valence-electron chi connectivity index (χ3n) is 4.75. The Morgan fingerprint density at radius 3 is 2.83 bits per heavy atom. The van der Waals surface area contributed by atoms with Gasteiger partial charge in [-0.05, 0) is 56.7 Å². The van der Waals surface area contributed by atoms with Gasteiger partial charge in [-0.1, -0.05) is 23.7 Å². The predicted molar refractivity (Wildman–Crippen MR) is 98.6 cm³/mol. The number of rotatable bonds is 3. The molecule has 0 spiro atoms. The number of nitrogens with zero attached hydrogens (tertiary/aromatic N) is 2. The zero-order valence-electron chi connectivity index (χ0n) is 13.5. The van der Waals surface area contributed by atoms with Crippen LogP contribution in [0.2, 0.25) is 5.02 Å². The van der Waals surface area contributed by atoms with Crippen molar-refractivity contribution in [1.82, 2.24) is 9.88 Å². The molecule has 5 heteroatoms. The fraction of sp³-hybridized carbons (Fsp3) is 0.421. The van der Waals surface area contributed by atoms with Crippen molar-refractivity contribution < 1.29 is 4.79 Å². The molecule has 24 heavy (non-hydrogen) atoms. The number of halogens is 1. The van der Waals surface area contributed by atoms with Crippen molar-refractivity contribution in [3.8, 4) is 10.4 Å². The van der Waals surface area contributed by atoms with E-state index in [1.807, 2.05) is 29.2 Å². The van der Waals surface area contributed by atoms with Crippen LogP contribution in [0.3, 0.4) is 0 Å². The van der Waals surface area contributed by atoms with E-state index in [0.29, 0.717) is 16.6 Å². The average Bonchev–Trinajstić information content (AvgIpc) is 3.33. The maximum Gasteiger partial charge on any atom is 0.274 e. The Kier molecular flexibility index (Phi) is 4.35. The molecule has 1 saturated carbocycles. The molecule has 2 aromatic rings. The molecular weight excluding hydrogens is 340 g/mol. The molecule has 2 fully saturated rings. The minimum atomic E-state index is 0.0211. The fourth-order valence-corrected chi connectivity index (χ4v) is 4.63. The van der Waals surface area contributed by atoms with Gasteiger partial charge in [-0.25, -0.2) is 4.98 Å². The van der Waals surface area contributed by atoms with E-state index in [-0.39, 0.29) is 11.9 Å². The first-order valence-electron chi connectivity index (χ1n) is 8.54. The maximum absolute atomic E-state index is 13.1. The molecule has 1 aromatic heterocycles. The predicted octanol–water partition coefficient (Wildman–Crippen LogP) is 5.17. The number of amides is 1. The molecular formula is C19H20ClN2OS. The summed E-state index contributed by atoms with van der Waals surface area (Å²) >= 11 is 7.81. The van der Waals surface area contributed by atoms with Crippen molar-refractivity contribution in [3.05, 3.63) is 46.9 Å². The van der Waals surface area contributed by atoms with Crippen molar-refractivity contribution >= 4 is 28.8 Å². The standard InChI is InChI=1S/C19H20ClN2OS/c1-12-5-2-3-10-22(12)19(23)16-17(14-6-4-7-15(20)11-14)24-18(21-16)13-8-9-13/h4,6-7,11-13H,1-3,5,8-10H2. The number of carbonyl (C=O) groups is 1. The van der Waals surface area contributed by atoms with Gasteiger partial charge >= 0.3 is 0 Å². The summed E-state index contributed by atoms with van der Waals surface area (Å²) in [4.78, 5) is 20.7. The number of benzene rings is 1. The van der Waals surface area contributed by atoms with Gasteiger partial charge in [0.05, 0.1) is 9.88 Å². The average molecular weight is 360 g/mol. The highest BCUT2D eigenvalue weighted by molar-refractivity contribution is 7.15. The molecule has 1 aromatic carbocycles.